The van der Waals surface area contributed by atoms with Crippen LogP contribution in [-0.4, -0.2) is 22.8 Å². The van der Waals surface area contributed by atoms with E-state index in [9.17, 15) is 8.42 Å². The van der Waals surface area contributed by atoms with Crippen LogP contribution in [-0.2, 0) is 14.3 Å². The first-order chi connectivity index (χ1) is 13.3. The van der Waals surface area contributed by atoms with Crippen LogP contribution in [0.4, 0.5) is 0 Å². The Morgan fingerprint density at radius 2 is 1.52 bits per heavy atom. The van der Waals surface area contributed by atoms with Gasteiger partial charge >= 0.3 is 0 Å². The summed E-state index contributed by atoms with van der Waals surface area (Å²) in [5.41, 5.74) is 0.802. The summed E-state index contributed by atoms with van der Waals surface area (Å²) in [7, 11) is -5.76. The Balaban J connectivity index is 3.44. The first-order valence-corrected chi connectivity index (χ1v) is 14.1. The molecular weight excluding hydrogens is 396 g/mol. The highest BCUT2D eigenvalue weighted by Gasteiger charge is 2.48. The highest BCUT2D eigenvalue weighted by Crippen LogP contribution is 2.45. The largest absolute Gasteiger partial charge is 0.409 e. The minimum atomic E-state index is -3.54. The smallest absolute Gasteiger partial charge is 0.201 e. The molecule has 0 N–H and O–H groups in total. The van der Waals surface area contributed by atoms with Gasteiger partial charge in [0.25, 0.3) is 0 Å². The predicted octanol–water partition coefficient (Wildman–Crippen LogP) is 6.58. The molecule has 0 saturated heterocycles. The molecule has 1 aromatic carbocycles. The van der Waals surface area contributed by atoms with Gasteiger partial charge in [-0.3, -0.25) is 0 Å². The highest BCUT2D eigenvalue weighted by molar-refractivity contribution is 7.94. The average molecular weight is 435 g/mol. The lowest BCUT2D eigenvalue weighted by molar-refractivity contribution is 0.0986. The Morgan fingerprint density at radius 3 is 1.93 bits per heavy atom. The molecule has 1 rings (SSSR count). The van der Waals surface area contributed by atoms with E-state index in [4.69, 9.17) is 10.8 Å². The number of rotatable bonds is 10. The van der Waals surface area contributed by atoms with Crippen LogP contribution in [0.2, 0.25) is 16.6 Å². The van der Waals surface area contributed by atoms with Gasteiger partial charge in [-0.25, -0.2) is 8.42 Å². The van der Waals surface area contributed by atoms with Crippen molar-refractivity contribution < 1.29 is 12.8 Å². The van der Waals surface area contributed by atoms with E-state index in [1.54, 1.807) is 36.4 Å². The van der Waals surface area contributed by atoms with Gasteiger partial charge in [-0.05, 0) is 34.8 Å². The van der Waals surface area contributed by atoms with Crippen LogP contribution in [0.5, 0.6) is 0 Å². The second-order valence-corrected chi connectivity index (χ2v) is 16.7. The topological polar surface area (TPSA) is 43.4 Å². The van der Waals surface area contributed by atoms with Crippen LogP contribution >= 0.6 is 0 Å². The van der Waals surface area contributed by atoms with Crippen molar-refractivity contribution in [1.29, 1.82) is 0 Å². The lowest BCUT2D eigenvalue weighted by Gasteiger charge is -2.47. The molecule has 29 heavy (non-hydrogen) atoms. The fourth-order valence-corrected chi connectivity index (χ4v) is 11.0. The van der Waals surface area contributed by atoms with Crippen molar-refractivity contribution in [2.24, 2.45) is 5.41 Å². The molecule has 1 aromatic rings. The monoisotopic (exact) mass is 434 g/mol. The van der Waals surface area contributed by atoms with Crippen molar-refractivity contribution in [3.05, 3.63) is 41.8 Å². The summed E-state index contributed by atoms with van der Waals surface area (Å²) in [5.74, 6) is 2.74. The van der Waals surface area contributed by atoms with E-state index >= 15 is 0 Å². The molecule has 1 unspecified atom stereocenters. The van der Waals surface area contributed by atoms with Gasteiger partial charge in [0, 0.05) is 17.2 Å². The minimum Gasteiger partial charge on any atom is -0.409 e. The average Bonchev–Trinajstić information content (AvgIpc) is 2.61. The molecule has 1 atom stereocenters. The maximum absolute atomic E-state index is 12.8. The van der Waals surface area contributed by atoms with Crippen LogP contribution in [0.1, 0.15) is 61.8 Å². The third-order valence-corrected chi connectivity index (χ3v) is 13.4. The van der Waals surface area contributed by atoms with Gasteiger partial charge in [0.1, 0.15) is 0 Å². The van der Waals surface area contributed by atoms with Crippen molar-refractivity contribution in [3.8, 4) is 12.3 Å². The molecule has 162 valence electrons. The molecule has 0 radical (unpaired) electrons. The lowest BCUT2D eigenvalue weighted by Crippen LogP contribution is -2.52. The van der Waals surface area contributed by atoms with Gasteiger partial charge in [0.05, 0.1) is 11.0 Å². The minimum absolute atomic E-state index is 0.282. The van der Waals surface area contributed by atoms with Crippen molar-refractivity contribution in [2.75, 3.05) is 0 Å². The fourth-order valence-electron chi connectivity index (χ4n) is 4.31. The number of benzene rings is 1. The zero-order valence-electron chi connectivity index (χ0n) is 19.3. The Hall–Kier alpha value is -1.35. The summed E-state index contributed by atoms with van der Waals surface area (Å²) in [5, 5.41) is 1.30. The van der Waals surface area contributed by atoms with Crippen molar-refractivity contribution in [3.63, 3.8) is 0 Å². The maximum Gasteiger partial charge on any atom is 0.201 e. The molecule has 3 nitrogen and oxygen atoms in total. The van der Waals surface area contributed by atoms with Crippen molar-refractivity contribution >= 4 is 18.2 Å². The molecule has 0 spiro atoms. The molecular formula is C24H38O3SSi. The van der Waals surface area contributed by atoms with Crippen LogP contribution in [0.15, 0.2) is 46.7 Å². The molecule has 0 amide bonds. The standard InChI is InChI=1S/C24H38O3SSi/c1-10-17-24(8,9)23(27-29(19(2)3,20(4)5)21(6)7)16-18-28(25,26)22-14-12-11-13-15-22/h1,11-16,18-21,23H,17H2,2-9H3/b18-16+. The summed E-state index contributed by atoms with van der Waals surface area (Å²) < 4.78 is 32.6. The third kappa shape index (κ3) is 6.07. The quantitative estimate of drug-likeness (QED) is 0.308. The van der Waals surface area contributed by atoms with Crippen molar-refractivity contribution in [2.45, 2.75) is 89.4 Å². The fraction of sp³-hybridized carbons (Fsp3) is 0.583. The summed E-state index contributed by atoms with van der Waals surface area (Å²) in [6.45, 7) is 17.5. The predicted molar refractivity (Wildman–Crippen MR) is 126 cm³/mol. The molecule has 0 fully saturated rings. The van der Waals surface area contributed by atoms with E-state index in [0.717, 1.165) is 0 Å². The number of terminal acetylenes is 1. The van der Waals surface area contributed by atoms with Crippen molar-refractivity contribution in [1.82, 2.24) is 0 Å². The molecule has 0 aliphatic heterocycles. The lowest BCUT2D eigenvalue weighted by atomic mass is 9.83. The Morgan fingerprint density at radius 1 is 1.03 bits per heavy atom. The first-order valence-electron chi connectivity index (χ1n) is 10.4. The van der Waals surface area contributed by atoms with Gasteiger partial charge in [-0.2, -0.15) is 0 Å². The molecule has 5 heteroatoms. The van der Waals surface area contributed by atoms with Gasteiger partial charge in [0.15, 0.2) is 9.84 Å². The van der Waals surface area contributed by atoms with E-state index in [2.05, 4.69) is 61.3 Å². The molecule has 0 heterocycles. The molecule has 0 bridgehead atoms. The van der Waals surface area contributed by atoms with Crippen LogP contribution < -0.4 is 0 Å². The van der Waals surface area contributed by atoms with Crippen LogP contribution in [0.3, 0.4) is 0 Å². The van der Waals surface area contributed by atoms with E-state index in [1.165, 1.54) is 5.41 Å². The summed E-state index contributed by atoms with van der Waals surface area (Å²) >= 11 is 0. The van der Waals surface area contributed by atoms with E-state index in [1.807, 2.05) is 0 Å². The second kappa shape index (κ2) is 10.1. The number of sulfone groups is 1. The second-order valence-electron chi connectivity index (χ2n) is 9.41. The molecule has 0 aliphatic rings. The molecule has 0 aliphatic carbocycles. The first kappa shape index (κ1) is 25.7. The zero-order chi connectivity index (χ0) is 22.5. The van der Waals surface area contributed by atoms with Crippen LogP contribution in [0.25, 0.3) is 0 Å². The Bertz CT molecular complexity index is 794. The van der Waals surface area contributed by atoms with Gasteiger partial charge in [-0.1, -0.05) is 73.6 Å². The Kier molecular flexibility index (Phi) is 8.95. The molecule has 0 saturated carbocycles. The van der Waals surface area contributed by atoms with E-state index in [0.29, 0.717) is 23.0 Å². The normalized spacial score (nSPS) is 14.7. The van der Waals surface area contributed by atoms with Crippen LogP contribution in [0, 0.1) is 17.8 Å². The number of hydrogen-bond acceptors (Lipinski definition) is 3. The Labute approximate surface area is 180 Å². The maximum atomic E-state index is 12.8. The van der Waals surface area contributed by atoms with E-state index in [-0.39, 0.29) is 16.4 Å². The highest BCUT2D eigenvalue weighted by atomic mass is 32.2. The summed E-state index contributed by atoms with van der Waals surface area (Å²) in [6.07, 6.45) is 7.48. The third-order valence-electron chi connectivity index (χ3n) is 5.87. The summed E-state index contributed by atoms with van der Waals surface area (Å²) in [4.78, 5) is 0.282. The van der Waals surface area contributed by atoms with Gasteiger partial charge in [-0.15, -0.1) is 12.3 Å². The number of hydrogen-bond donors (Lipinski definition) is 0. The summed E-state index contributed by atoms with van der Waals surface area (Å²) in [6, 6.07) is 8.48. The van der Waals surface area contributed by atoms with Gasteiger partial charge in [0.2, 0.25) is 8.32 Å². The van der Waals surface area contributed by atoms with E-state index < -0.39 is 18.2 Å². The zero-order valence-corrected chi connectivity index (χ0v) is 21.1. The van der Waals surface area contributed by atoms with Gasteiger partial charge < -0.3 is 4.43 Å². The molecule has 0 aromatic heterocycles. The SMILES string of the molecule is C#CCC(C)(C)C(/C=C/S(=O)(=O)c1ccccc1)O[Si](C(C)C)(C(C)C)C(C)C.